The van der Waals surface area contributed by atoms with Crippen molar-refractivity contribution >= 4 is 32.8 Å². The van der Waals surface area contributed by atoms with Crippen molar-refractivity contribution < 1.29 is 17.5 Å². The van der Waals surface area contributed by atoms with Crippen LogP contribution in [0.2, 0.25) is 0 Å². The fourth-order valence-corrected chi connectivity index (χ4v) is 3.96. The summed E-state index contributed by atoms with van der Waals surface area (Å²) in [7, 11) is -3.77. The summed E-state index contributed by atoms with van der Waals surface area (Å²) >= 11 is 1.46. The highest BCUT2D eigenvalue weighted by Crippen LogP contribution is 2.26. The smallest absolute Gasteiger partial charge is 0.238 e. The Bertz CT molecular complexity index is 1030. The minimum absolute atomic E-state index is 0.0326. The minimum atomic E-state index is -3.77. The number of fused-ring (bicyclic) bond motifs is 1. The number of primary sulfonamides is 1. The summed E-state index contributed by atoms with van der Waals surface area (Å²) in [6, 6.07) is 10.9. The number of rotatable bonds is 7. The van der Waals surface area contributed by atoms with Gasteiger partial charge in [0.25, 0.3) is 0 Å². The lowest BCUT2D eigenvalue weighted by atomic mass is 10.3. The molecule has 0 aliphatic rings. The van der Waals surface area contributed by atoms with Crippen LogP contribution in [-0.4, -0.2) is 30.3 Å². The first-order valence-electron chi connectivity index (χ1n) is 7.93. The topological polar surface area (TPSA) is 87.2 Å². The molecule has 3 rings (SSSR count). The van der Waals surface area contributed by atoms with Crippen molar-refractivity contribution in [3.63, 3.8) is 0 Å². The fraction of sp³-hybridized carbons (Fsp3) is 0.235. The number of hydrogen-bond acceptors (Lipinski definition) is 5. The number of benzene rings is 2. The third-order valence-corrected chi connectivity index (χ3v) is 5.59. The van der Waals surface area contributed by atoms with Gasteiger partial charge in [-0.3, -0.25) is 0 Å². The number of thioether (sulfide) groups is 1. The molecule has 0 aliphatic heterocycles. The van der Waals surface area contributed by atoms with Crippen LogP contribution in [0.1, 0.15) is 6.92 Å². The van der Waals surface area contributed by atoms with Crippen molar-refractivity contribution in [1.29, 1.82) is 0 Å². The number of aromatic nitrogens is 2. The van der Waals surface area contributed by atoms with E-state index in [1.54, 1.807) is 24.3 Å². The van der Waals surface area contributed by atoms with E-state index >= 15 is 0 Å². The van der Waals surface area contributed by atoms with Gasteiger partial charge in [0, 0.05) is 12.3 Å². The van der Waals surface area contributed by atoms with Crippen molar-refractivity contribution in [1.82, 2.24) is 9.55 Å². The monoisotopic (exact) mass is 395 g/mol. The van der Waals surface area contributed by atoms with Crippen LogP contribution in [0.5, 0.6) is 5.75 Å². The summed E-state index contributed by atoms with van der Waals surface area (Å²) in [6.07, 6.45) is 0. The molecule has 1 aromatic heterocycles. The third-order valence-electron chi connectivity index (χ3n) is 3.74. The van der Waals surface area contributed by atoms with Gasteiger partial charge in [0.2, 0.25) is 10.0 Å². The summed E-state index contributed by atoms with van der Waals surface area (Å²) in [5.74, 6) is 0.392. The number of hydrogen-bond donors (Lipinski definition) is 1. The molecule has 0 bridgehead atoms. The number of nitrogens with two attached hydrogens (primary N) is 1. The molecule has 0 aliphatic carbocycles. The zero-order valence-electron chi connectivity index (χ0n) is 14.1. The minimum Gasteiger partial charge on any atom is -0.490 e. The van der Waals surface area contributed by atoms with Gasteiger partial charge in [-0.15, -0.1) is 0 Å². The highest BCUT2D eigenvalue weighted by molar-refractivity contribution is 7.99. The van der Waals surface area contributed by atoms with Crippen LogP contribution in [0.25, 0.3) is 11.0 Å². The van der Waals surface area contributed by atoms with Gasteiger partial charge in [0.15, 0.2) is 16.7 Å². The number of sulfonamides is 1. The van der Waals surface area contributed by atoms with Crippen molar-refractivity contribution in [2.24, 2.45) is 5.14 Å². The molecule has 0 atom stereocenters. The van der Waals surface area contributed by atoms with Crippen LogP contribution >= 0.6 is 11.8 Å². The van der Waals surface area contributed by atoms with Crippen molar-refractivity contribution in [2.45, 2.75) is 23.5 Å². The van der Waals surface area contributed by atoms with Gasteiger partial charge < -0.3 is 9.30 Å². The van der Waals surface area contributed by atoms with Gasteiger partial charge in [-0.1, -0.05) is 23.9 Å². The third kappa shape index (κ3) is 4.00. The maximum absolute atomic E-state index is 13.5. The molecule has 0 saturated heterocycles. The zero-order valence-corrected chi connectivity index (χ0v) is 15.7. The first kappa shape index (κ1) is 18.7. The maximum atomic E-state index is 13.5. The molecule has 6 nitrogen and oxygen atoms in total. The van der Waals surface area contributed by atoms with E-state index in [2.05, 4.69) is 4.98 Å². The van der Waals surface area contributed by atoms with Crippen LogP contribution < -0.4 is 9.88 Å². The second kappa shape index (κ2) is 7.65. The maximum Gasteiger partial charge on any atom is 0.238 e. The molecular formula is C17H18FN3O3S2. The Morgan fingerprint density at radius 2 is 2.04 bits per heavy atom. The van der Waals surface area contributed by atoms with E-state index in [9.17, 15) is 12.8 Å². The van der Waals surface area contributed by atoms with E-state index in [-0.39, 0.29) is 10.6 Å². The van der Waals surface area contributed by atoms with Crippen LogP contribution in [0.15, 0.2) is 52.5 Å². The van der Waals surface area contributed by atoms with Crippen molar-refractivity contribution in [3.8, 4) is 5.75 Å². The molecule has 138 valence electrons. The fourth-order valence-electron chi connectivity index (χ4n) is 2.53. The van der Waals surface area contributed by atoms with E-state index in [4.69, 9.17) is 9.88 Å². The summed E-state index contributed by atoms with van der Waals surface area (Å²) < 4.78 is 44.0. The van der Waals surface area contributed by atoms with Gasteiger partial charge in [-0.25, -0.2) is 22.9 Å². The first-order chi connectivity index (χ1) is 12.4. The van der Waals surface area contributed by atoms with Gasteiger partial charge in [0.1, 0.15) is 0 Å². The molecule has 9 heteroatoms. The SMILES string of the molecule is CCn1c(SCCOc2ccccc2F)nc2cc(S(N)(=O)=O)ccc21. The van der Waals surface area contributed by atoms with E-state index in [0.29, 0.717) is 24.4 Å². The van der Waals surface area contributed by atoms with Crippen LogP contribution in [0, 0.1) is 5.82 Å². The lowest BCUT2D eigenvalue weighted by Gasteiger charge is -2.08. The normalized spacial score (nSPS) is 11.8. The number of para-hydroxylation sites is 1. The van der Waals surface area contributed by atoms with Gasteiger partial charge in [-0.05, 0) is 37.3 Å². The van der Waals surface area contributed by atoms with Gasteiger partial charge in [0.05, 0.1) is 22.5 Å². The predicted molar refractivity (Wildman–Crippen MR) is 99.4 cm³/mol. The first-order valence-corrected chi connectivity index (χ1v) is 10.5. The second-order valence-electron chi connectivity index (χ2n) is 5.46. The summed E-state index contributed by atoms with van der Waals surface area (Å²) in [5.41, 5.74) is 1.40. The molecule has 0 spiro atoms. The molecular weight excluding hydrogens is 377 g/mol. The lowest BCUT2D eigenvalue weighted by molar-refractivity contribution is 0.325. The number of halogens is 1. The molecule has 3 aromatic rings. The molecule has 0 radical (unpaired) electrons. The second-order valence-corrected chi connectivity index (χ2v) is 8.09. The Balaban J connectivity index is 1.74. The Morgan fingerprint density at radius 1 is 1.27 bits per heavy atom. The van der Waals surface area contributed by atoms with E-state index in [1.807, 2.05) is 11.5 Å². The van der Waals surface area contributed by atoms with Gasteiger partial charge >= 0.3 is 0 Å². The Morgan fingerprint density at radius 3 is 2.73 bits per heavy atom. The van der Waals surface area contributed by atoms with E-state index in [1.165, 1.54) is 30.0 Å². The van der Waals surface area contributed by atoms with E-state index in [0.717, 1.165) is 10.7 Å². The average Bonchev–Trinajstić information content (AvgIpc) is 2.96. The molecule has 0 fully saturated rings. The van der Waals surface area contributed by atoms with E-state index < -0.39 is 15.8 Å². The summed E-state index contributed by atoms with van der Waals surface area (Å²) in [6.45, 7) is 2.98. The van der Waals surface area contributed by atoms with Gasteiger partial charge in [-0.2, -0.15) is 0 Å². The van der Waals surface area contributed by atoms with Crippen LogP contribution in [0.4, 0.5) is 4.39 Å². The standard InChI is InChI=1S/C17H18FN3O3S2/c1-2-21-15-8-7-12(26(19,22)23)11-14(15)20-17(21)25-10-9-24-16-6-4-3-5-13(16)18/h3-8,11H,2,9-10H2,1H3,(H2,19,22,23). The number of aryl methyl sites for hydroxylation is 1. The Kier molecular flexibility index (Phi) is 5.49. The Labute approximate surface area is 155 Å². The quantitative estimate of drug-likeness (QED) is 0.491. The zero-order chi connectivity index (χ0) is 18.7. The molecule has 2 N–H and O–H groups in total. The van der Waals surface area contributed by atoms with Crippen LogP contribution in [-0.2, 0) is 16.6 Å². The van der Waals surface area contributed by atoms with Crippen LogP contribution in [0.3, 0.4) is 0 Å². The highest BCUT2D eigenvalue weighted by atomic mass is 32.2. The number of nitrogens with zero attached hydrogens (tertiary/aromatic N) is 2. The average molecular weight is 395 g/mol. The van der Waals surface area contributed by atoms with Crippen molar-refractivity contribution in [3.05, 3.63) is 48.3 Å². The molecule has 1 heterocycles. The summed E-state index contributed by atoms with van der Waals surface area (Å²) in [4.78, 5) is 4.53. The summed E-state index contributed by atoms with van der Waals surface area (Å²) in [5, 5.41) is 5.92. The van der Waals surface area contributed by atoms with Crippen molar-refractivity contribution in [2.75, 3.05) is 12.4 Å². The lowest BCUT2D eigenvalue weighted by Crippen LogP contribution is -2.11. The molecule has 0 saturated carbocycles. The molecule has 0 amide bonds. The molecule has 0 unspecified atom stereocenters. The number of imidazole rings is 1. The molecule has 26 heavy (non-hydrogen) atoms. The highest BCUT2D eigenvalue weighted by Gasteiger charge is 2.14. The Hall–Kier alpha value is -2.10. The predicted octanol–water partition coefficient (Wildman–Crippen LogP) is 3.01. The molecule has 2 aromatic carbocycles. The largest absolute Gasteiger partial charge is 0.490 e. The number of ether oxygens (including phenoxy) is 1.